The number of hydrogen-bond acceptors (Lipinski definition) is 1. The lowest BCUT2D eigenvalue weighted by Gasteiger charge is -2.36. The summed E-state index contributed by atoms with van der Waals surface area (Å²) in [6.45, 7) is 11.4. The van der Waals surface area contributed by atoms with E-state index in [9.17, 15) is 0 Å². The van der Waals surface area contributed by atoms with Crippen LogP contribution < -0.4 is 0 Å². The first-order valence-electron chi connectivity index (χ1n) is 20.0. The molecule has 0 amide bonds. The van der Waals surface area contributed by atoms with Gasteiger partial charge in [0.2, 0.25) is 0 Å². The molecule has 0 saturated heterocycles. The molecule has 0 N–H and O–H groups in total. The van der Waals surface area contributed by atoms with Gasteiger partial charge in [0, 0.05) is 0 Å². The molecule has 0 bridgehead atoms. The van der Waals surface area contributed by atoms with Crippen molar-refractivity contribution < 1.29 is 4.74 Å². The zero-order chi connectivity index (χ0) is 30.3. The fraction of sp³-hybridized carbons (Fsp3) is 0.905. The third kappa shape index (κ3) is 12.6. The first-order chi connectivity index (χ1) is 21.0. The molecule has 0 aromatic heterocycles. The van der Waals surface area contributed by atoms with E-state index in [0.717, 1.165) is 60.6 Å². The van der Waals surface area contributed by atoms with Crippen molar-refractivity contribution in [1.29, 1.82) is 0 Å². The first-order valence-corrected chi connectivity index (χ1v) is 20.0. The van der Waals surface area contributed by atoms with Gasteiger partial charge in [-0.15, -0.1) is 0 Å². The largest absolute Gasteiger partial charge is 0.381 e. The number of ether oxygens (including phenoxy) is 1. The maximum atomic E-state index is 6.18. The van der Waals surface area contributed by atoms with Gasteiger partial charge in [-0.1, -0.05) is 128 Å². The molecule has 4 unspecified atom stereocenters. The summed E-state index contributed by atoms with van der Waals surface area (Å²) in [5.74, 6) is 7.92. The maximum Gasteiger partial charge on any atom is 0.0503 e. The molecular formula is C42H74O. The molecule has 0 aromatic rings. The summed E-state index contributed by atoms with van der Waals surface area (Å²) < 4.78 is 6.18. The second-order valence-electron chi connectivity index (χ2n) is 16.4. The van der Waals surface area contributed by atoms with Crippen LogP contribution in [0.25, 0.3) is 0 Å². The van der Waals surface area contributed by atoms with Crippen LogP contribution in [0.15, 0.2) is 23.3 Å². The van der Waals surface area contributed by atoms with Gasteiger partial charge in [0.15, 0.2) is 0 Å². The van der Waals surface area contributed by atoms with E-state index in [1.165, 1.54) is 154 Å². The van der Waals surface area contributed by atoms with Crippen LogP contribution >= 0.6 is 0 Å². The monoisotopic (exact) mass is 595 g/mol. The SMILES string of the molecule is CCC(C)CCCC1CCC(C2CC=C(CCOCCC3=CCC(C4CCC(CCCC(C)CC)CC4)CC3)CC2)CC1. The molecule has 4 aliphatic rings. The second-order valence-corrected chi connectivity index (χ2v) is 16.4. The summed E-state index contributed by atoms with van der Waals surface area (Å²) in [4.78, 5) is 0. The van der Waals surface area contributed by atoms with Gasteiger partial charge in [-0.05, 0) is 124 Å². The van der Waals surface area contributed by atoms with Gasteiger partial charge in [-0.25, -0.2) is 0 Å². The van der Waals surface area contributed by atoms with E-state index >= 15 is 0 Å². The van der Waals surface area contributed by atoms with Crippen molar-refractivity contribution in [2.75, 3.05) is 13.2 Å². The Morgan fingerprint density at radius 3 is 1.35 bits per heavy atom. The van der Waals surface area contributed by atoms with E-state index < -0.39 is 0 Å². The molecule has 4 aliphatic carbocycles. The average molecular weight is 595 g/mol. The van der Waals surface area contributed by atoms with E-state index in [2.05, 4.69) is 39.8 Å². The summed E-state index contributed by atoms with van der Waals surface area (Å²) in [5.41, 5.74) is 3.39. The van der Waals surface area contributed by atoms with Crippen LogP contribution in [-0.4, -0.2) is 13.2 Å². The molecule has 0 aliphatic heterocycles. The average Bonchev–Trinajstić information content (AvgIpc) is 3.05. The van der Waals surface area contributed by atoms with Crippen molar-refractivity contribution in [3.63, 3.8) is 0 Å². The van der Waals surface area contributed by atoms with E-state index in [0.29, 0.717) is 0 Å². The Balaban J connectivity index is 1.00. The van der Waals surface area contributed by atoms with Gasteiger partial charge >= 0.3 is 0 Å². The molecule has 4 rings (SSSR count). The summed E-state index contributed by atoms with van der Waals surface area (Å²) in [5, 5.41) is 0. The van der Waals surface area contributed by atoms with E-state index in [-0.39, 0.29) is 0 Å². The minimum Gasteiger partial charge on any atom is -0.381 e. The van der Waals surface area contributed by atoms with Crippen molar-refractivity contribution in [3.8, 4) is 0 Å². The standard InChI is InChI=1S/C42H74O/c1-5-33(3)9-7-11-35-13-21-39(22-14-35)41-25-17-37(18-26-41)29-31-43-32-30-38-19-27-42(28-20-38)40-23-15-36(16-24-40)12-8-10-34(4)6-2/h17,19,33-36,39-42H,5-16,18,20-32H2,1-4H3. The van der Waals surface area contributed by atoms with Gasteiger partial charge in [0.1, 0.15) is 0 Å². The van der Waals surface area contributed by atoms with Gasteiger partial charge < -0.3 is 4.74 Å². The number of hydrogen-bond donors (Lipinski definition) is 0. The molecule has 0 spiro atoms. The Labute approximate surface area is 269 Å². The second kappa shape index (κ2) is 19.8. The Morgan fingerprint density at radius 2 is 1.00 bits per heavy atom. The van der Waals surface area contributed by atoms with Gasteiger partial charge in [-0.2, -0.15) is 0 Å². The summed E-state index contributed by atoms with van der Waals surface area (Å²) in [7, 11) is 0. The highest BCUT2D eigenvalue weighted by Crippen LogP contribution is 2.42. The lowest BCUT2D eigenvalue weighted by molar-refractivity contribution is 0.135. The topological polar surface area (TPSA) is 9.23 Å². The molecule has 2 fully saturated rings. The van der Waals surface area contributed by atoms with Crippen LogP contribution in [0.5, 0.6) is 0 Å². The predicted octanol–water partition coefficient (Wildman–Crippen LogP) is 13.3. The van der Waals surface area contributed by atoms with E-state index in [1.54, 1.807) is 11.1 Å². The quantitative estimate of drug-likeness (QED) is 0.113. The highest BCUT2D eigenvalue weighted by atomic mass is 16.5. The van der Waals surface area contributed by atoms with Crippen LogP contribution in [0.1, 0.15) is 182 Å². The van der Waals surface area contributed by atoms with E-state index in [4.69, 9.17) is 4.74 Å². The fourth-order valence-corrected chi connectivity index (χ4v) is 9.45. The minimum atomic E-state index is 0.931. The van der Waals surface area contributed by atoms with Gasteiger partial charge in [0.25, 0.3) is 0 Å². The molecule has 0 radical (unpaired) electrons. The molecule has 4 atom stereocenters. The number of rotatable bonds is 18. The lowest BCUT2D eigenvalue weighted by Crippen LogP contribution is -2.23. The molecule has 248 valence electrons. The highest BCUT2D eigenvalue weighted by molar-refractivity contribution is 5.08. The molecule has 0 heterocycles. The van der Waals surface area contributed by atoms with Crippen molar-refractivity contribution in [2.45, 2.75) is 182 Å². The molecular weight excluding hydrogens is 520 g/mol. The van der Waals surface area contributed by atoms with Crippen LogP contribution in [0.4, 0.5) is 0 Å². The normalized spacial score (nSPS) is 31.7. The van der Waals surface area contributed by atoms with Crippen molar-refractivity contribution in [1.82, 2.24) is 0 Å². The third-order valence-electron chi connectivity index (χ3n) is 13.4. The summed E-state index contributed by atoms with van der Waals surface area (Å²) in [6, 6.07) is 0. The van der Waals surface area contributed by atoms with Crippen molar-refractivity contribution in [3.05, 3.63) is 23.3 Å². The molecule has 43 heavy (non-hydrogen) atoms. The summed E-state index contributed by atoms with van der Waals surface area (Å²) >= 11 is 0. The van der Waals surface area contributed by atoms with Crippen molar-refractivity contribution >= 4 is 0 Å². The first kappa shape index (κ1) is 35.3. The van der Waals surface area contributed by atoms with Crippen LogP contribution in [0.3, 0.4) is 0 Å². The van der Waals surface area contributed by atoms with Crippen LogP contribution in [0, 0.1) is 47.3 Å². The molecule has 0 aromatic carbocycles. The summed E-state index contributed by atoms with van der Waals surface area (Å²) in [6.07, 6.45) is 39.6. The molecule has 1 nitrogen and oxygen atoms in total. The Kier molecular flexibility index (Phi) is 16.3. The Bertz CT molecular complexity index is 726. The zero-order valence-corrected chi connectivity index (χ0v) is 29.6. The highest BCUT2D eigenvalue weighted by Gasteiger charge is 2.30. The fourth-order valence-electron chi connectivity index (χ4n) is 9.45. The van der Waals surface area contributed by atoms with Crippen LogP contribution in [0.2, 0.25) is 0 Å². The molecule has 1 heteroatoms. The van der Waals surface area contributed by atoms with Crippen molar-refractivity contribution in [2.24, 2.45) is 47.3 Å². The third-order valence-corrected chi connectivity index (χ3v) is 13.4. The molecule has 2 saturated carbocycles. The smallest absolute Gasteiger partial charge is 0.0503 e. The van der Waals surface area contributed by atoms with Crippen LogP contribution in [-0.2, 0) is 4.74 Å². The predicted molar refractivity (Wildman–Crippen MR) is 188 cm³/mol. The maximum absolute atomic E-state index is 6.18. The Hall–Kier alpha value is -0.560. The van der Waals surface area contributed by atoms with Gasteiger partial charge in [-0.3, -0.25) is 0 Å². The number of allylic oxidation sites excluding steroid dienone is 2. The zero-order valence-electron chi connectivity index (χ0n) is 29.6. The Morgan fingerprint density at radius 1 is 0.581 bits per heavy atom. The lowest BCUT2D eigenvalue weighted by atomic mass is 9.70. The van der Waals surface area contributed by atoms with E-state index in [1.807, 2.05) is 0 Å². The van der Waals surface area contributed by atoms with Gasteiger partial charge in [0.05, 0.1) is 13.2 Å². The minimum absolute atomic E-state index is 0.931.